The van der Waals surface area contributed by atoms with E-state index >= 15 is 0 Å². The molecule has 2 nitrogen and oxygen atoms in total. The number of hydrogen-bond acceptors (Lipinski definition) is 3. The average Bonchev–Trinajstić information content (AvgIpc) is 2.64. The number of pyridine rings is 1. The van der Waals surface area contributed by atoms with E-state index in [4.69, 9.17) is 0 Å². The van der Waals surface area contributed by atoms with Crippen LogP contribution in [0.25, 0.3) is 10.2 Å². The highest BCUT2D eigenvalue weighted by molar-refractivity contribution is 7.17. The minimum atomic E-state index is -0.362. The molecule has 1 atom stereocenters. The van der Waals surface area contributed by atoms with E-state index in [0.29, 0.717) is 0 Å². The van der Waals surface area contributed by atoms with Gasteiger partial charge in [0.15, 0.2) is 0 Å². The summed E-state index contributed by atoms with van der Waals surface area (Å²) in [5, 5.41) is 11.8. The zero-order valence-electron chi connectivity index (χ0n) is 8.10. The monoisotopic (exact) mass is 207 g/mol. The van der Waals surface area contributed by atoms with Crippen LogP contribution in [0.1, 0.15) is 31.4 Å². The summed E-state index contributed by atoms with van der Waals surface area (Å²) in [6.07, 6.45) is 3.21. The Morgan fingerprint density at radius 1 is 1.57 bits per heavy atom. The van der Waals surface area contributed by atoms with Crippen LogP contribution in [0.4, 0.5) is 0 Å². The lowest BCUT2D eigenvalue weighted by Gasteiger charge is -2.08. The van der Waals surface area contributed by atoms with Crippen LogP contribution < -0.4 is 0 Å². The van der Waals surface area contributed by atoms with Gasteiger partial charge < -0.3 is 5.11 Å². The van der Waals surface area contributed by atoms with E-state index in [9.17, 15) is 5.11 Å². The highest BCUT2D eigenvalue weighted by atomic mass is 32.1. The predicted octanol–water partition coefficient (Wildman–Crippen LogP) is 3.13. The zero-order valence-corrected chi connectivity index (χ0v) is 8.92. The van der Waals surface area contributed by atoms with Gasteiger partial charge in [-0.05, 0) is 23.9 Å². The summed E-state index contributed by atoms with van der Waals surface area (Å²) in [5.41, 5.74) is 1.95. The topological polar surface area (TPSA) is 33.1 Å². The Labute approximate surface area is 87.2 Å². The molecular formula is C11H13NOS. The lowest BCUT2D eigenvalue weighted by Crippen LogP contribution is -1.96. The van der Waals surface area contributed by atoms with Crippen molar-refractivity contribution >= 4 is 21.6 Å². The van der Waals surface area contributed by atoms with Crippen LogP contribution in [-0.2, 0) is 0 Å². The largest absolute Gasteiger partial charge is 0.388 e. The second-order valence-electron chi connectivity index (χ2n) is 3.38. The standard InChI is InChI=1S/C11H13NOS/c1-2-3-10(13)8-6-11-9(12-7-8)4-5-14-11/h4-7,10,13H,2-3H2,1H3/t10-/m1/s1. The van der Waals surface area contributed by atoms with Gasteiger partial charge in [0.1, 0.15) is 0 Å². The van der Waals surface area contributed by atoms with Gasteiger partial charge >= 0.3 is 0 Å². The van der Waals surface area contributed by atoms with E-state index in [1.807, 2.05) is 17.5 Å². The first-order chi connectivity index (χ1) is 6.81. The van der Waals surface area contributed by atoms with Crippen LogP contribution in [0.2, 0.25) is 0 Å². The molecule has 0 radical (unpaired) electrons. The van der Waals surface area contributed by atoms with Crippen molar-refractivity contribution < 1.29 is 5.11 Å². The van der Waals surface area contributed by atoms with Crippen molar-refractivity contribution in [1.29, 1.82) is 0 Å². The summed E-state index contributed by atoms with van der Waals surface area (Å²) in [6, 6.07) is 4.03. The lowest BCUT2D eigenvalue weighted by atomic mass is 10.1. The molecule has 0 aliphatic heterocycles. The first-order valence-corrected chi connectivity index (χ1v) is 5.70. The maximum Gasteiger partial charge on any atom is 0.0809 e. The summed E-state index contributed by atoms with van der Waals surface area (Å²) in [6.45, 7) is 2.07. The molecule has 0 bridgehead atoms. The number of aliphatic hydroxyl groups is 1. The molecule has 74 valence electrons. The first-order valence-electron chi connectivity index (χ1n) is 4.82. The third-order valence-corrected chi connectivity index (χ3v) is 3.12. The van der Waals surface area contributed by atoms with E-state index in [1.165, 1.54) is 0 Å². The highest BCUT2D eigenvalue weighted by Gasteiger charge is 2.07. The fourth-order valence-corrected chi connectivity index (χ4v) is 2.27. The molecular weight excluding hydrogens is 194 g/mol. The quantitative estimate of drug-likeness (QED) is 0.838. The molecule has 0 saturated carbocycles. The third kappa shape index (κ3) is 1.79. The molecule has 0 unspecified atom stereocenters. The van der Waals surface area contributed by atoms with Crippen LogP contribution >= 0.6 is 11.3 Å². The van der Waals surface area contributed by atoms with Crippen molar-refractivity contribution in [3.8, 4) is 0 Å². The number of aromatic nitrogens is 1. The fraction of sp³-hybridized carbons (Fsp3) is 0.364. The van der Waals surface area contributed by atoms with Gasteiger partial charge in [0.25, 0.3) is 0 Å². The van der Waals surface area contributed by atoms with Crippen molar-refractivity contribution in [3.63, 3.8) is 0 Å². The fourth-order valence-electron chi connectivity index (χ4n) is 1.48. The molecule has 0 saturated heterocycles. The molecule has 2 rings (SSSR count). The number of nitrogens with zero attached hydrogens (tertiary/aromatic N) is 1. The SMILES string of the molecule is CCC[C@@H](O)c1cnc2ccsc2c1. The molecule has 0 fully saturated rings. The molecule has 0 aliphatic rings. The molecule has 0 spiro atoms. The van der Waals surface area contributed by atoms with Gasteiger partial charge in [-0.3, -0.25) is 4.98 Å². The molecule has 2 aromatic rings. The van der Waals surface area contributed by atoms with Gasteiger partial charge in [-0.2, -0.15) is 0 Å². The first kappa shape index (κ1) is 9.62. The second-order valence-corrected chi connectivity index (χ2v) is 4.32. The van der Waals surface area contributed by atoms with Crippen molar-refractivity contribution in [2.75, 3.05) is 0 Å². The summed E-state index contributed by atoms with van der Waals surface area (Å²) < 4.78 is 1.15. The Bertz CT molecular complexity index is 424. The third-order valence-electron chi connectivity index (χ3n) is 2.27. The van der Waals surface area contributed by atoms with Gasteiger partial charge in [0.05, 0.1) is 16.3 Å². The highest BCUT2D eigenvalue weighted by Crippen LogP contribution is 2.24. The number of fused-ring (bicyclic) bond motifs is 1. The maximum atomic E-state index is 9.78. The van der Waals surface area contributed by atoms with Crippen molar-refractivity contribution in [1.82, 2.24) is 4.98 Å². The Morgan fingerprint density at radius 2 is 2.43 bits per heavy atom. The smallest absolute Gasteiger partial charge is 0.0809 e. The van der Waals surface area contributed by atoms with Crippen molar-refractivity contribution in [2.45, 2.75) is 25.9 Å². The summed E-state index contributed by atoms with van der Waals surface area (Å²) in [7, 11) is 0. The molecule has 2 aromatic heterocycles. The number of aliphatic hydroxyl groups excluding tert-OH is 1. The molecule has 2 heterocycles. The molecule has 0 amide bonds. The van der Waals surface area contributed by atoms with Crippen molar-refractivity contribution in [2.24, 2.45) is 0 Å². The van der Waals surface area contributed by atoms with E-state index in [2.05, 4.69) is 11.9 Å². The summed E-state index contributed by atoms with van der Waals surface area (Å²) in [5.74, 6) is 0. The Kier molecular flexibility index (Phi) is 2.79. The Morgan fingerprint density at radius 3 is 3.21 bits per heavy atom. The Balaban J connectivity index is 2.33. The maximum absolute atomic E-state index is 9.78. The minimum absolute atomic E-state index is 0.362. The van der Waals surface area contributed by atoms with Crippen LogP contribution in [0.3, 0.4) is 0 Å². The zero-order chi connectivity index (χ0) is 9.97. The minimum Gasteiger partial charge on any atom is -0.388 e. The van der Waals surface area contributed by atoms with Gasteiger partial charge in [-0.25, -0.2) is 0 Å². The summed E-state index contributed by atoms with van der Waals surface area (Å²) >= 11 is 1.66. The predicted molar refractivity (Wildman–Crippen MR) is 59.5 cm³/mol. The number of hydrogen-bond donors (Lipinski definition) is 1. The van der Waals surface area contributed by atoms with Crippen molar-refractivity contribution in [3.05, 3.63) is 29.3 Å². The van der Waals surface area contributed by atoms with E-state index < -0.39 is 0 Å². The number of rotatable bonds is 3. The molecule has 0 aliphatic carbocycles. The molecule has 3 heteroatoms. The van der Waals surface area contributed by atoms with Gasteiger partial charge in [0.2, 0.25) is 0 Å². The molecule has 1 N–H and O–H groups in total. The molecule has 0 aromatic carbocycles. The molecule has 14 heavy (non-hydrogen) atoms. The lowest BCUT2D eigenvalue weighted by molar-refractivity contribution is 0.166. The van der Waals surface area contributed by atoms with Crippen LogP contribution in [0, 0.1) is 0 Å². The number of thiophene rings is 1. The van der Waals surface area contributed by atoms with E-state index in [0.717, 1.165) is 28.6 Å². The summed E-state index contributed by atoms with van der Waals surface area (Å²) in [4.78, 5) is 4.29. The normalized spacial score (nSPS) is 13.3. The van der Waals surface area contributed by atoms with E-state index in [1.54, 1.807) is 17.5 Å². The van der Waals surface area contributed by atoms with Crippen LogP contribution in [0.5, 0.6) is 0 Å². The van der Waals surface area contributed by atoms with Gasteiger partial charge in [0, 0.05) is 11.8 Å². The van der Waals surface area contributed by atoms with E-state index in [-0.39, 0.29) is 6.10 Å². The van der Waals surface area contributed by atoms with Gasteiger partial charge in [-0.15, -0.1) is 11.3 Å². The second kappa shape index (κ2) is 4.07. The van der Waals surface area contributed by atoms with Crippen LogP contribution in [-0.4, -0.2) is 10.1 Å². The average molecular weight is 207 g/mol. The Hall–Kier alpha value is -0.930. The van der Waals surface area contributed by atoms with Gasteiger partial charge in [-0.1, -0.05) is 13.3 Å². The van der Waals surface area contributed by atoms with Crippen LogP contribution in [0.15, 0.2) is 23.7 Å².